The zero-order chi connectivity index (χ0) is 8.48. The zero-order valence-corrected chi connectivity index (χ0v) is 6.82. The predicted octanol–water partition coefficient (Wildman–Crippen LogP) is 2.16. The molecule has 0 bridgehead atoms. The second-order valence-corrected chi connectivity index (χ2v) is 3.33. The van der Waals surface area contributed by atoms with E-state index in [0.29, 0.717) is 12.8 Å². The Bertz CT molecular complexity index is 136. The van der Waals surface area contributed by atoms with E-state index in [1.807, 2.05) is 0 Å². The first kappa shape index (κ1) is 8.91. The number of rotatable bonds is 1. The third-order valence-corrected chi connectivity index (χ3v) is 2.55. The zero-order valence-electron chi connectivity index (χ0n) is 6.82. The van der Waals surface area contributed by atoms with Gasteiger partial charge in [0.2, 0.25) is 0 Å². The van der Waals surface area contributed by atoms with E-state index in [0.717, 1.165) is 6.42 Å². The van der Waals surface area contributed by atoms with E-state index in [2.05, 4.69) is 0 Å². The summed E-state index contributed by atoms with van der Waals surface area (Å²) in [6.45, 7) is 1.78. The van der Waals surface area contributed by atoms with Crippen LogP contribution in [0.4, 0.5) is 8.78 Å². The summed E-state index contributed by atoms with van der Waals surface area (Å²) in [6.07, 6.45) is 1.85. The van der Waals surface area contributed by atoms with Crippen LogP contribution in [0.15, 0.2) is 0 Å². The lowest BCUT2D eigenvalue weighted by molar-refractivity contribution is -0.0939. The molecule has 0 spiro atoms. The van der Waals surface area contributed by atoms with Gasteiger partial charge in [-0.15, -0.1) is 0 Å². The van der Waals surface area contributed by atoms with Crippen LogP contribution in [0.1, 0.15) is 32.6 Å². The van der Waals surface area contributed by atoms with Gasteiger partial charge in [-0.2, -0.15) is 0 Å². The average molecular weight is 163 g/mol. The fourth-order valence-electron chi connectivity index (χ4n) is 1.87. The van der Waals surface area contributed by atoms with Crippen LogP contribution >= 0.6 is 0 Å². The third kappa shape index (κ3) is 1.70. The molecule has 0 aromatic rings. The van der Waals surface area contributed by atoms with E-state index < -0.39 is 11.8 Å². The maximum atomic E-state index is 13.0. The molecule has 0 saturated heterocycles. The lowest BCUT2D eigenvalue weighted by Gasteiger charge is -2.35. The smallest absolute Gasteiger partial charge is 0.252 e. The maximum absolute atomic E-state index is 13.0. The Morgan fingerprint density at radius 1 is 1.55 bits per heavy atom. The SMILES string of the molecule is CC[C@H]1[C@@H](N)CCCC1(F)F. The van der Waals surface area contributed by atoms with E-state index in [4.69, 9.17) is 5.73 Å². The van der Waals surface area contributed by atoms with Crippen molar-refractivity contribution >= 4 is 0 Å². The van der Waals surface area contributed by atoms with Crippen LogP contribution in [0.3, 0.4) is 0 Å². The van der Waals surface area contributed by atoms with Crippen molar-refractivity contribution in [3.8, 4) is 0 Å². The van der Waals surface area contributed by atoms with Gasteiger partial charge in [-0.3, -0.25) is 0 Å². The Balaban J connectivity index is 2.64. The van der Waals surface area contributed by atoms with E-state index >= 15 is 0 Å². The molecule has 0 unspecified atom stereocenters. The summed E-state index contributed by atoms with van der Waals surface area (Å²) < 4.78 is 26.1. The highest BCUT2D eigenvalue weighted by atomic mass is 19.3. The molecule has 11 heavy (non-hydrogen) atoms. The molecule has 3 heteroatoms. The van der Waals surface area contributed by atoms with Gasteiger partial charge in [0.15, 0.2) is 0 Å². The molecular weight excluding hydrogens is 148 g/mol. The minimum atomic E-state index is -2.51. The highest BCUT2D eigenvalue weighted by Crippen LogP contribution is 2.39. The van der Waals surface area contributed by atoms with Crippen molar-refractivity contribution in [2.45, 2.75) is 44.6 Å². The van der Waals surface area contributed by atoms with E-state index in [1.54, 1.807) is 6.92 Å². The number of hydrogen-bond donors (Lipinski definition) is 1. The molecule has 1 aliphatic rings. The maximum Gasteiger partial charge on any atom is 0.252 e. The molecule has 1 rings (SSSR count). The molecule has 66 valence electrons. The largest absolute Gasteiger partial charge is 0.327 e. The number of nitrogens with two attached hydrogens (primary N) is 1. The molecule has 0 heterocycles. The standard InChI is InChI=1S/C8H15F2N/c1-2-6-7(11)4-3-5-8(6,9)10/h6-7H,2-5,11H2,1H3/t6-,7-/m0/s1. The van der Waals surface area contributed by atoms with Gasteiger partial charge in [-0.1, -0.05) is 6.92 Å². The van der Waals surface area contributed by atoms with Gasteiger partial charge in [0, 0.05) is 18.4 Å². The van der Waals surface area contributed by atoms with Gasteiger partial charge in [-0.05, 0) is 19.3 Å². The average Bonchev–Trinajstić information content (AvgIpc) is 1.86. The molecule has 1 aliphatic carbocycles. The summed E-state index contributed by atoms with van der Waals surface area (Å²) in [6, 6.07) is -0.288. The molecule has 1 saturated carbocycles. The fraction of sp³-hybridized carbons (Fsp3) is 1.00. The topological polar surface area (TPSA) is 26.0 Å². The van der Waals surface area contributed by atoms with Crippen LogP contribution in [0.5, 0.6) is 0 Å². The van der Waals surface area contributed by atoms with Crippen LogP contribution in [-0.2, 0) is 0 Å². The first-order valence-electron chi connectivity index (χ1n) is 4.21. The molecule has 0 aromatic heterocycles. The third-order valence-electron chi connectivity index (χ3n) is 2.55. The van der Waals surface area contributed by atoms with Crippen molar-refractivity contribution in [2.24, 2.45) is 11.7 Å². The molecule has 0 aliphatic heterocycles. The predicted molar refractivity (Wildman–Crippen MR) is 40.6 cm³/mol. The van der Waals surface area contributed by atoms with Crippen molar-refractivity contribution in [2.75, 3.05) is 0 Å². The second-order valence-electron chi connectivity index (χ2n) is 3.33. The van der Waals surface area contributed by atoms with Gasteiger partial charge >= 0.3 is 0 Å². The monoisotopic (exact) mass is 163 g/mol. The normalized spacial score (nSPS) is 37.1. The molecule has 1 nitrogen and oxygen atoms in total. The van der Waals surface area contributed by atoms with Crippen LogP contribution < -0.4 is 5.73 Å². The highest BCUT2D eigenvalue weighted by molar-refractivity contribution is 4.88. The van der Waals surface area contributed by atoms with Crippen molar-refractivity contribution in [3.05, 3.63) is 0 Å². The van der Waals surface area contributed by atoms with Crippen LogP contribution in [0.2, 0.25) is 0 Å². The Morgan fingerprint density at radius 2 is 2.18 bits per heavy atom. The molecule has 0 radical (unpaired) electrons. The van der Waals surface area contributed by atoms with Crippen molar-refractivity contribution < 1.29 is 8.78 Å². The second kappa shape index (κ2) is 3.05. The first-order valence-corrected chi connectivity index (χ1v) is 4.21. The van der Waals surface area contributed by atoms with Crippen molar-refractivity contribution in [1.82, 2.24) is 0 Å². The lowest BCUT2D eigenvalue weighted by atomic mass is 9.80. The van der Waals surface area contributed by atoms with Crippen LogP contribution in [0.25, 0.3) is 0 Å². The van der Waals surface area contributed by atoms with Crippen molar-refractivity contribution in [1.29, 1.82) is 0 Å². The minimum Gasteiger partial charge on any atom is -0.327 e. The van der Waals surface area contributed by atoms with Gasteiger partial charge in [-0.25, -0.2) is 8.78 Å². The Morgan fingerprint density at radius 3 is 2.55 bits per heavy atom. The van der Waals surface area contributed by atoms with Crippen molar-refractivity contribution in [3.63, 3.8) is 0 Å². The fourth-order valence-corrected chi connectivity index (χ4v) is 1.87. The Labute approximate surface area is 66.0 Å². The van der Waals surface area contributed by atoms with Gasteiger partial charge in [0.1, 0.15) is 0 Å². The van der Waals surface area contributed by atoms with E-state index in [9.17, 15) is 8.78 Å². The van der Waals surface area contributed by atoms with E-state index in [1.165, 1.54) is 0 Å². The summed E-state index contributed by atoms with van der Waals surface area (Å²) >= 11 is 0. The summed E-state index contributed by atoms with van der Waals surface area (Å²) in [5.41, 5.74) is 5.59. The van der Waals surface area contributed by atoms with Gasteiger partial charge in [0.25, 0.3) is 5.92 Å². The minimum absolute atomic E-state index is 0.0270. The molecule has 1 fully saturated rings. The molecule has 2 N–H and O–H groups in total. The van der Waals surface area contributed by atoms with Gasteiger partial charge < -0.3 is 5.73 Å². The van der Waals surface area contributed by atoms with Crippen LogP contribution in [-0.4, -0.2) is 12.0 Å². The molecule has 2 atom stereocenters. The number of halogens is 2. The molecule has 0 amide bonds. The van der Waals surface area contributed by atoms with Crippen LogP contribution in [0, 0.1) is 5.92 Å². The Hall–Kier alpha value is -0.180. The number of hydrogen-bond acceptors (Lipinski definition) is 1. The van der Waals surface area contributed by atoms with Gasteiger partial charge in [0.05, 0.1) is 0 Å². The van der Waals surface area contributed by atoms with E-state index in [-0.39, 0.29) is 12.5 Å². The Kier molecular flexibility index (Phi) is 2.47. The lowest BCUT2D eigenvalue weighted by Crippen LogP contribution is -2.45. The summed E-state index contributed by atoms with van der Waals surface area (Å²) in [7, 11) is 0. The summed E-state index contributed by atoms with van der Waals surface area (Å²) in [4.78, 5) is 0. The summed E-state index contributed by atoms with van der Waals surface area (Å²) in [5.74, 6) is -3.09. The molecule has 0 aromatic carbocycles. The quantitative estimate of drug-likeness (QED) is 0.629. The number of alkyl halides is 2. The first-order chi connectivity index (χ1) is 5.08. The highest BCUT2D eigenvalue weighted by Gasteiger charge is 2.44. The molecular formula is C8H15F2N. The summed E-state index contributed by atoms with van der Waals surface area (Å²) in [5, 5.41) is 0.